The molecule has 0 aliphatic rings. The Morgan fingerprint density at radius 2 is 1.12 bits per heavy atom. The van der Waals surface area contributed by atoms with Crippen molar-refractivity contribution in [1.82, 2.24) is 0 Å². The second-order valence-corrected chi connectivity index (χ2v) is 8.30. The van der Waals surface area contributed by atoms with Crippen LogP contribution in [0.2, 0.25) is 0 Å². The summed E-state index contributed by atoms with van der Waals surface area (Å²) in [4.78, 5) is 25.7. The number of carbonyl (C=O) groups excluding carboxylic acids is 2. The fraction of sp³-hybridized carbons (Fsp3) is 0.286. The molecule has 0 unspecified atom stereocenters. The molecular weight excluding hydrogens is 428 g/mol. The van der Waals surface area contributed by atoms with E-state index < -0.39 is 11.9 Å². The molecule has 0 heterocycles. The molecular formula is C28H32N2O4. The van der Waals surface area contributed by atoms with Crippen LogP contribution in [0, 0.1) is 0 Å². The Hall–Kier alpha value is -3.80. The van der Waals surface area contributed by atoms with Gasteiger partial charge in [0.15, 0.2) is 0 Å². The summed E-state index contributed by atoms with van der Waals surface area (Å²) >= 11 is 0. The maximum atomic E-state index is 12.8. The zero-order chi connectivity index (χ0) is 24.5. The molecule has 0 saturated carbocycles. The number of ether oxygens (including phenoxy) is 2. The van der Waals surface area contributed by atoms with Gasteiger partial charge in [0.25, 0.3) is 0 Å². The molecule has 6 nitrogen and oxygen atoms in total. The smallest absolute Gasteiger partial charge is 0.343 e. The molecule has 6 heteroatoms. The van der Waals surface area contributed by atoms with Crippen molar-refractivity contribution >= 4 is 23.3 Å². The van der Waals surface area contributed by atoms with Crippen molar-refractivity contribution in [2.45, 2.75) is 52.4 Å². The van der Waals surface area contributed by atoms with E-state index in [1.807, 2.05) is 12.1 Å². The van der Waals surface area contributed by atoms with E-state index in [4.69, 9.17) is 20.9 Å². The molecule has 4 N–H and O–H groups in total. The number of carbonyl (C=O) groups is 2. The van der Waals surface area contributed by atoms with Gasteiger partial charge >= 0.3 is 11.9 Å². The summed E-state index contributed by atoms with van der Waals surface area (Å²) in [5.41, 5.74) is 15.3. The minimum absolute atomic E-state index is 0.260. The van der Waals surface area contributed by atoms with E-state index in [9.17, 15) is 9.59 Å². The first-order valence-electron chi connectivity index (χ1n) is 11.7. The summed E-state index contributed by atoms with van der Waals surface area (Å²) in [5, 5.41) is 0. The Bertz CT molecular complexity index is 1070. The van der Waals surface area contributed by atoms with Crippen molar-refractivity contribution in [3.8, 4) is 11.5 Å². The highest BCUT2D eigenvalue weighted by Gasteiger charge is 2.17. The van der Waals surface area contributed by atoms with Crippen LogP contribution >= 0.6 is 0 Å². The van der Waals surface area contributed by atoms with Crippen LogP contribution in [0.5, 0.6) is 11.5 Å². The third-order valence-electron chi connectivity index (χ3n) is 5.51. The van der Waals surface area contributed by atoms with Crippen LogP contribution in [0.15, 0.2) is 60.7 Å². The van der Waals surface area contributed by atoms with Gasteiger partial charge in [-0.3, -0.25) is 0 Å². The molecule has 0 radical (unpaired) electrons. The number of anilines is 2. The molecule has 3 aromatic rings. The molecule has 3 aromatic carbocycles. The normalized spacial score (nSPS) is 10.6. The van der Waals surface area contributed by atoms with E-state index in [0.717, 1.165) is 49.7 Å². The summed E-state index contributed by atoms with van der Waals surface area (Å²) in [6.45, 7) is 4.19. The molecule has 178 valence electrons. The topological polar surface area (TPSA) is 105 Å². The van der Waals surface area contributed by atoms with Crippen molar-refractivity contribution in [2.75, 3.05) is 11.5 Å². The molecule has 0 atom stereocenters. The van der Waals surface area contributed by atoms with Gasteiger partial charge in [-0.15, -0.1) is 0 Å². The molecule has 0 bridgehead atoms. The Morgan fingerprint density at radius 1 is 0.676 bits per heavy atom. The van der Waals surface area contributed by atoms with E-state index in [2.05, 4.69) is 13.8 Å². The third-order valence-corrected chi connectivity index (χ3v) is 5.51. The van der Waals surface area contributed by atoms with E-state index >= 15 is 0 Å². The maximum Gasteiger partial charge on any atom is 0.343 e. The average molecular weight is 461 g/mol. The first-order chi connectivity index (χ1) is 16.4. The van der Waals surface area contributed by atoms with Gasteiger partial charge in [0, 0.05) is 11.4 Å². The van der Waals surface area contributed by atoms with Crippen LogP contribution in [0.4, 0.5) is 11.4 Å². The van der Waals surface area contributed by atoms with E-state index in [1.165, 1.54) is 6.07 Å². The molecule has 0 aromatic heterocycles. The summed E-state index contributed by atoms with van der Waals surface area (Å²) in [5.74, 6) is -0.146. The van der Waals surface area contributed by atoms with Crippen LogP contribution in [-0.4, -0.2) is 11.9 Å². The lowest BCUT2D eigenvalue weighted by atomic mass is 10.1. The second-order valence-electron chi connectivity index (χ2n) is 8.30. The lowest BCUT2D eigenvalue weighted by molar-refractivity contribution is 0.0733. The molecule has 0 saturated heterocycles. The number of aryl methyl sites for hydroxylation is 2. The lowest BCUT2D eigenvalue weighted by Crippen LogP contribution is -2.14. The Balaban J connectivity index is 1.76. The molecule has 0 aliphatic carbocycles. The van der Waals surface area contributed by atoms with Gasteiger partial charge in [0.2, 0.25) is 0 Å². The minimum Gasteiger partial charge on any atom is -0.423 e. The first-order valence-corrected chi connectivity index (χ1v) is 11.7. The molecule has 3 rings (SSSR count). The summed E-state index contributed by atoms with van der Waals surface area (Å²) < 4.78 is 11.3. The van der Waals surface area contributed by atoms with Gasteiger partial charge in [-0.1, -0.05) is 32.8 Å². The molecule has 0 fully saturated rings. The van der Waals surface area contributed by atoms with Crippen LogP contribution in [-0.2, 0) is 12.8 Å². The number of unbranched alkanes of at least 4 members (excludes halogenated alkanes) is 2. The predicted molar refractivity (Wildman–Crippen MR) is 135 cm³/mol. The van der Waals surface area contributed by atoms with E-state index in [1.54, 1.807) is 42.5 Å². The Morgan fingerprint density at radius 3 is 1.53 bits per heavy atom. The van der Waals surface area contributed by atoms with Crippen LogP contribution < -0.4 is 20.9 Å². The second kappa shape index (κ2) is 11.9. The van der Waals surface area contributed by atoms with Gasteiger partial charge in [-0.05, 0) is 91.4 Å². The monoisotopic (exact) mass is 460 g/mol. The lowest BCUT2D eigenvalue weighted by Gasteiger charge is -2.12. The summed E-state index contributed by atoms with van der Waals surface area (Å²) in [7, 11) is 0. The van der Waals surface area contributed by atoms with E-state index in [0.29, 0.717) is 22.9 Å². The van der Waals surface area contributed by atoms with Crippen LogP contribution in [0.3, 0.4) is 0 Å². The molecule has 0 amide bonds. The van der Waals surface area contributed by atoms with Crippen LogP contribution in [0.1, 0.15) is 71.4 Å². The summed E-state index contributed by atoms with van der Waals surface area (Å²) in [6.07, 6.45) is 5.47. The number of rotatable bonds is 10. The van der Waals surface area contributed by atoms with Gasteiger partial charge in [-0.2, -0.15) is 0 Å². The van der Waals surface area contributed by atoms with Gasteiger partial charge in [0.1, 0.15) is 11.5 Å². The average Bonchev–Trinajstić information content (AvgIpc) is 2.84. The fourth-order valence-electron chi connectivity index (χ4n) is 3.61. The highest BCUT2D eigenvalue weighted by molar-refractivity contribution is 5.97. The summed E-state index contributed by atoms with van der Waals surface area (Å²) in [6, 6.07) is 16.8. The van der Waals surface area contributed by atoms with Crippen molar-refractivity contribution < 1.29 is 19.1 Å². The van der Waals surface area contributed by atoms with Gasteiger partial charge in [-0.25, -0.2) is 9.59 Å². The number of nitrogen functional groups attached to an aromatic ring is 2. The minimum atomic E-state index is -0.548. The standard InChI is InChI=1S/C28H32N2O4/c1-3-5-8-19-17-23(29)12-14-25(19)33-27(31)21-10-7-11-22(16-21)28(32)34-26-15-13-24(30)18-20(26)9-6-4-2/h7,10-18H,3-6,8-9,29-30H2,1-2H3. The third kappa shape index (κ3) is 6.61. The Kier molecular flexibility index (Phi) is 8.68. The molecule has 0 spiro atoms. The largest absolute Gasteiger partial charge is 0.423 e. The van der Waals surface area contributed by atoms with Crippen molar-refractivity contribution in [3.05, 3.63) is 82.9 Å². The van der Waals surface area contributed by atoms with Crippen LogP contribution in [0.25, 0.3) is 0 Å². The zero-order valence-electron chi connectivity index (χ0n) is 19.8. The van der Waals surface area contributed by atoms with Gasteiger partial charge < -0.3 is 20.9 Å². The number of hydrogen-bond donors (Lipinski definition) is 2. The highest BCUT2D eigenvalue weighted by Crippen LogP contribution is 2.26. The number of benzene rings is 3. The Labute approximate surface area is 200 Å². The maximum absolute atomic E-state index is 12.8. The fourth-order valence-corrected chi connectivity index (χ4v) is 3.61. The molecule has 0 aliphatic heterocycles. The number of esters is 2. The van der Waals surface area contributed by atoms with Gasteiger partial charge in [0.05, 0.1) is 11.1 Å². The molecule has 34 heavy (non-hydrogen) atoms. The zero-order valence-corrected chi connectivity index (χ0v) is 19.8. The SMILES string of the molecule is CCCCc1cc(N)ccc1OC(=O)c1cccc(C(=O)Oc2ccc(N)cc2CCCC)c1. The first kappa shape index (κ1) is 24.8. The van der Waals surface area contributed by atoms with Crippen molar-refractivity contribution in [1.29, 1.82) is 0 Å². The van der Waals surface area contributed by atoms with E-state index in [-0.39, 0.29) is 11.1 Å². The predicted octanol–water partition coefficient (Wildman–Crippen LogP) is 5.97. The highest BCUT2D eigenvalue weighted by atomic mass is 16.5. The number of hydrogen-bond acceptors (Lipinski definition) is 6. The quantitative estimate of drug-likeness (QED) is 0.219. The number of nitrogens with two attached hydrogens (primary N) is 2. The van der Waals surface area contributed by atoms with Crippen molar-refractivity contribution in [3.63, 3.8) is 0 Å². The van der Waals surface area contributed by atoms with Crippen molar-refractivity contribution in [2.24, 2.45) is 0 Å².